The summed E-state index contributed by atoms with van der Waals surface area (Å²) in [7, 11) is 0. The van der Waals surface area contributed by atoms with Gasteiger partial charge in [0.2, 0.25) is 0 Å². The van der Waals surface area contributed by atoms with E-state index in [1.165, 1.54) is 51.4 Å². The summed E-state index contributed by atoms with van der Waals surface area (Å²) in [6.07, 6.45) is 23.8. The first-order valence-corrected chi connectivity index (χ1v) is 14.8. The number of ether oxygens (including phenoxy) is 1. The maximum Gasteiger partial charge on any atom is 0.306 e. The Hall–Kier alpha value is -1.12. The molecule has 0 aromatic heterocycles. The van der Waals surface area contributed by atoms with Gasteiger partial charge in [-0.25, -0.2) is 0 Å². The molecule has 0 bridgehead atoms. The Labute approximate surface area is 208 Å². The fraction of sp³-hybridized carbons (Fsp3) is 0.871. The van der Waals surface area contributed by atoms with Crippen LogP contribution in [0.3, 0.4) is 0 Å². The number of Topliss-reactive ketones (excluding diaryl/α,β-unsaturated/α-hetero) is 1. The molecule has 0 spiro atoms. The van der Waals surface area contributed by atoms with Crippen LogP contribution in [0.5, 0.6) is 0 Å². The molecule has 0 amide bonds. The number of esters is 1. The van der Waals surface area contributed by atoms with Crippen molar-refractivity contribution in [2.45, 2.75) is 136 Å². The van der Waals surface area contributed by atoms with Crippen molar-refractivity contribution >= 4 is 11.8 Å². The SMILES string of the molecule is CCCCCCCCCCCC(=O)O[C@H]1CC[C@H]2[C@@H]3CC(=O)[C@H]4CC=CC[C@]4(C)[C@H]3CC[C@]12C. The van der Waals surface area contributed by atoms with Gasteiger partial charge in [0.15, 0.2) is 0 Å². The van der Waals surface area contributed by atoms with Crippen molar-refractivity contribution in [2.24, 2.45) is 34.5 Å². The molecule has 3 fully saturated rings. The van der Waals surface area contributed by atoms with E-state index in [1.807, 2.05) is 0 Å². The molecule has 7 atom stereocenters. The number of unbranched alkanes of at least 4 members (excludes halogenated alkanes) is 8. The van der Waals surface area contributed by atoms with Gasteiger partial charge in [-0.2, -0.15) is 0 Å². The fourth-order valence-corrected chi connectivity index (χ4v) is 8.60. The first-order valence-electron chi connectivity index (χ1n) is 14.8. The van der Waals surface area contributed by atoms with Gasteiger partial charge in [-0.3, -0.25) is 9.59 Å². The van der Waals surface area contributed by atoms with Gasteiger partial charge in [-0.05, 0) is 68.1 Å². The molecule has 4 aliphatic carbocycles. The van der Waals surface area contributed by atoms with Crippen molar-refractivity contribution in [3.05, 3.63) is 12.2 Å². The largest absolute Gasteiger partial charge is 0.462 e. The molecule has 3 heteroatoms. The summed E-state index contributed by atoms with van der Waals surface area (Å²) in [4.78, 5) is 25.9. The molecule has 34 heavy (non-hydrogen) atoms. The number of carbonyl (C=O) groups excluding carboxylic acids is 2. The van der Waals surface area contributed by atoms with E-state index in [-0.39, 0.29) is 28.8 Å². The molecule has 0 heterocycles. The highest BCUT2D eigenvalue weighted by Crippen LogP contribution is 2.65. The summed E-state index contributed by atoms with van der Waals surface area (Å²) in [5.74, 6) is 2.41. The number of allylic oxidation sites excluding steroid dienone is 2. The average Bonchev–Trinajstić information content (AvgIpc) is 3.14. The molecule has 0 aliphatic heterocycles. The van der Waals surface area contributed by atoms with E-state index < -0.39 is 0 Å². The van der Waals surface area contributed by atoms with Gasteiger partial charge < -0.3 is 4.74 Å². The monoisotopic (exact) mass is 470 g/mol. The van der Waals surface area contributed by atoms with Crippen molar-refractivity contribution < 1.29 is 14.3 Å². The summed E-state index contributed by atoms with van der Waals surface area (Å²) < 4.78 is 6.16. The third-order valence-corrected chi connectivity index (χ3v) is 10.7. The lowest BCUT2D eigenvalue weighted by Crippen LogP contribution is -2.56. The first kappa shape index (κ1) is 26.0. The highest BCUT2D eigenvalue weighted by atomic mass is 16.5. The first-order chi connectivity index (χ1) is 16.4. The van der Waals surface area contributed by atoms with E-state index in [1.54, 1.807) is 0 Å². The number of carbonyl (C=O) groups is 2. The lowest BCUT2D eigenvalue weighted by atomic mass is 9.45. The summed E-state index contributed by atoms with van der Waals surface area (Å²) in [5.41, 5.74) is 0.199. The van der Waals surface area contributed by atoms with Crippen LogP contribution >= 0.6 is 0 Å². The Bertz CT molecular complexity index is 741. The molecule has 0 unspecified atom stereocenters. The van der Waals surface area contributed by atoms with E-state index in [0.717, 1.165) is 51.4 Å². The van der Waals surface area contributed by atoms with Gasteiger partial charge in [-0.1, -0.05) is 84.3 Å². The highest BCUT2D eigenvalue weighted by molar-refractivity contribution is 5.83. The zero-order valence-corrected chi connectivity index (χ0v) is 22.3. The number of hydrogen-bond donors (Lipinski definition) is 0. The minimum atomic E-state index is 0.0149. The summed E-state index contributed by atoms with van der Waals surface area (Å²) in [6.45, 7) is 7.03. The number of fused-ring (bicyclic) bond motifs is 5. The number of ketones is 1. The third kappa shape index (κ3) is 5.19. The smallest absolute Gasteiger partial charge is 0.306 e. The quantitative estimate of drug-likeness (QED) is 0.174. The van der Waals surface area contributed by atoms with Crippen LogP contribution in [0.1, 0.15) is 130 Å². The molecule has 192 valence electrons. The molecule has 0 N–H and O–H groups in total. The third-order valence-electron chi connectivity index (χ3n) is 10.7. The number of hydrogen-bond acceptors (Lipinski definition) is 3. The Morgan fingerprint density at radius 3 is 2.32 bits per heavy atom. The van der Waals surface area contributed by atoms with Crippen molar-refractivity contribution in [1.29, 1.82) is 0 Å². The molecular weight excluding hydrogens is 420 g/mol. The molecule has 3 nitrogen and oxygen atoms in total. The van der Waals surface area contributed by atoms with Gasteiger partial charge in [0.05, 0.1) is 0 Å². The van der Waals surface area contributed by atoms with Gasteiger partial charge in [0.25, 0.3) is 0 Å². The van der Waals surface area contributed by atoms with Gasteiger partial charge in [0.1, 0.15) is 11.9 Å². The number of rotatable bonds is 11. The van der Waals surface area contributed by atoms with Crippen LogP contribution in [-0.2, 0) is 14.3 Å². The van der Waals surface area contributed by atoms with Crippen LogP contribution in [-0.4, -0.2) is 17.9 Å². The van der Waals surface area contributed by atoms with Crippen LogP contribution in [0.2, 0.25) is 0 Å². The van der Waals surface area contributed by atoms with Gasteiger partial charge in [0, 0.05) is 24.2 Å². The van der Waals surface area contributed by atoms with Crippen molar-refractivity contribution in [2.75, 3.05) is 0 Å². The van der Waals surface area contributed by atoms with Crippen molar-refractivity contribution in [3.63, 3.8) is 0 Å². The van der Waals surface area contributed by atoms with E-state index >= 15 is 0 Å². The second-order valence-electron chi connectivity index (χ2n) is 12.7. The predicted molar refractivity (Wildman–Crippen MR) is 138 cm³/mol. The average molecular weight is 471 g/mol. The highest BCUT2D eigenvalue weighted by Gasteiger charge is 2.62. The lowest BCUT2D eigenvalue weighted by Gasteiger charge is -2.58. The summed E-state index contributed by atoms with van der Waals surface area (Å²) in [6, 6.07) is 0. The molecule has 3 saturated carbocycles. The topological polar surface area (TPSA) is 43.4 Å². The maximum atomic E-state index is 13.2. The van der Waals surface area contributed by atoms with Crippen LogP contribution in [0, 0.1) is 34.5 Å². The van der Waals surface area contributed by atoms with Gasteiger partial charge in [-0.15, -0.1) is 0 Å². The van der Waals surface area contributed by atoms with Crippen LogP contribution in [0.25, 0.3) is 0 Å². The van der Waals surface area contributed by atoms with Crippen molar-refractivity contribution in [1.82, 2.24) is 0 Å². The molecule has 0 aromatic rings. The van der Waals surface area contributed by atoms with Crippen molar-refractivity contribution in [3.8, 4) is 0 Å². The van der Waals surface area contributed by atoms with Gasteiger partial charge >= 0.3 is 5.97 Å². The lowest BCUT2D eigenvalue weighted by molar-refractivity contribution is -0.166. The maximum absolute atomic E-state index is 13.2. The zero-order chi connectivity index (χ0) is 24.2. The molecule has 0 saturated heterocycles. The van der Waals surface area contributed by atoms with E-state index in [4.69, 9.17) is 4.74 Å². The standard InChI is InChI=1S/C31H50O3/c1-4-5-6-7-8-9-10-11-12-16-29(33)34-28-18-17-24-23-22-27(32)26-15-13-14-20-30(26,2)25(23)19-21-31(24,28)3/h13-14,23-26,28H,4-12,15-22H2,1-3H3/t23-,24-,25-,26+,28-,30+,31-/m0/s1. The molecule has 4 aliphatic rings. The molecule has 0 radical (unpaired) electrons. The van der Waals surface area contributed by atoms with E-state index in [0.29, 0.717) is 30.0 Å². The minimum Gasteiger partial charge on any atom is -0.462 e. The molecule has 0 aromatic carbocycles. The van der Waals surface area contributed by atoms with E-state index in [2.05, 4.69) is 32.9 Å². The zero-order valence-electron chi connectivity index (χ0n) is 22.3. The summed E-state index contributed by atoms with van der Waals surface area (Å²) >= 11 is 0. The van der Waals surface area contributed by atoms with Crippen LogP contribution in [0.15, 0.2) is 12.2 Å². The Kier molecular flexibility index (Phi) is 8.62. The Morgan fingerprint density at radius 1 is 0.912 bits per heavy atom. The second kappa shape index (κ2) is 11.3. The predicted octanol–water partition coefficient (Wildman–Crippen LogP) is 8.21. The Balaban J connectivity index is 1.25. The minimum absolute atomic E-state index is 0.0149. The fourth-order valence-electron chi connectivity index (χ4n) is 8.60. The molecular formula is C31H50O3. The van der Waals surface area contributed by atoms with E-state index in [9.17, 15) is 9.59 Å². The second-order valence-corrected chi connectivity index (χ2v) is 12.7. The Morgan fingerprint density at radius 2 is 1.59 bits per heavy atom. The summed E-state index contributed by atoms with van der Waals surface area (Å²) in [5, 5.41) is 0. The normalized spacial score (nSPS) is 38.8. The van der Waals surface area contributed by atoms with Crippen LogP contribution in [0.4, 0.5) is 0 Å². The molecule has 4 rings (SSSR count). The van der Waals surface area contributed by atoms with Crippen LogP contribution < -0.4 is 0 Å².